The molecular formula is C59H68Cl2N8O8. The number of aromatic nitrogens is 1. The van der Waals surface area contributed by atoms with Crippen LogP contribution in [0.3, 0.4) is 0 Å². The lowest BCUT2D eigenvalue weighted by molar-refractivity contribution is -0.147. The molecule has 3 aliphatic rings. The zero-order chi connectivity index (χ0) is 54.8. The number of rotatable bonds is 12. The van der Waals surface area contributed by atoms with Crippen LogP contribution in [-0.2, 0) is 65.9 Å². The molecule has 0 saturated carbocycles. The summed E-state index contributed by atoms with van der Waals surface area (Å²) in [7, 11) is 4.65. The van der Waals surface area contributed by atoms with E-state index in [0.29, 0.717) is 53.2 Å². The van der Waals surface area contributed by atoms with E-state index in [-0.39, 0.29) is 69.0 Å². The number of nitrogens with zero attached hydrogens (tertiary/aromatic N) is 5. The maximum absolute atomic E-state index is 15.1. The molecule has 2 fully saturated rings. The lowest BCUT2D eigenvalue weighted by Gasteiger charge is -2.35. The fraction of sp³-hybridized carbons (Fsp3) is 0.407. The van der Waals surface area contributed by atoms with E-state index in [1.807, 2.05) is 84.8 Å². The number of amides is 6. The molecule has 6 atom stereocenters. The molecule has 8 rings (SSSR count). The second-order valence-electron chi connectivity index (χ2n) is 20.5. The fourth-order valence-corrected chi connectivity index (χ4v) is 10.5. The number of carbonyl (C=O) groups is 6. The Labute approximate surface area is 460 Å². The number of fused-ring (bicyclic) bond motifs is 1. The average molecular weight is 1090 g/mol. The van der Waals surface area contributed by atoms with Crippen LogP contribution in [0.2, 0.25) is 10.0 Å². The van der Waals surface area contributed by atoms with Crippen molar-refractivity contribution in [2.45, 2.75) is 89.6 Å². The van der Waals surface area contributed by atoms with Gasteiger partial charge in [-0.1, -0.05) is 83.9 Å². The van der Waals surface area contributed by atoms with Crippen molar-refractivity contribution < 1.29 is 38.2 Å². The second-order valence-corrected chi connectivity index (χ2v) is 21.3. The minimum Gasteiger partial charge on any atom is -0.457 e. The van der Waals surface area contributed by atoms with Crippen molar-refractivity contribution in [3.8, 4) is 22.6 Å². The number of hydrogen-bond acceptors (Lipinski definition) is 10. The van der Waals surface area contributed by atoms with Gasteiger partial charge in [-0.2, -0.15) is 0 Å². The van der Waals surface area contributed by atoms with Gasteiger partial charge in [0.15, 0.2) is 0 Å². The van der Waals surface area contributed by atoms with Crippen LogP contribution in [0.25, 0.3) is 11.1 Å². The maximum Gasteiger partial charge on any atom is 0.247 e. The Balaban J connectivity index is 1.08. The highest BCUT2D eigenvalue weighted by Crippen LogP contribution is 2.33. The molecule has 0 radical (unpaired) electrons. The van der Waals surface area contributed by atoms with Crippen LogP contribution in [0.4, 0.5) is 0 Å². The number of carbonyl (C=O) groups excluding carboxylic acids is 6. The lowest BCUT2D eigenvalue weighted by Crippen LogP contribution is -2.57. The van der Waals surface area contributed by atoms with E-state index in [1.54, 1.807) is 56.3 Å². The Hall–Kier alpha value is -6.85. The SMILES string of the molecule is COC[C@@H]1NC(=O)[C@H](C)N(Cc2ccc(Cl)cc2Oc2ccc(-c3cnc4c(c3)CN(C(=O)[C@H]3CCNC3)CC4)cc2)C(=O)C[C@@H](Cc2ccccc2)C(=O)N(C)[C@@H](C)CNC(=O)C[C@H](Cc2ccc(Cl)cc2)N(C)C1=O. The second kappa shape index (κ2) is 26.0. The molecule has 6 amide bonds. The molecule has 5 aromatic rings. The number of nitrogens with one attached hydrogen (secondary N) is 3. The third-order valence-corrected chi connectivity index (χ3v) is 15.5. The van der Waals surface area contributed by atoms with Crippen LogP contribution in [0.1, 0.15) is 61.1 Å². The first-order chi connectivity index (χ1) is 37.0. The number of benzene rings is 4. The molecule has 3 aliphatic heterocycles. The molecule has 0 bridgehead atoms. The Kier molecular flexibility index (Phi) is 19.0. The number of methoxy groups -OCH3 is 1. The Morgan fingerprint density at radius 3 is 2.23 bits per heavy atom. The maximum atomic E-state index is 15.1. The van der Waals surface area contributed by atoms with Crippen molar-refractivity contribution in [2.75, 3.05) is 54.0 Å². The van der Waals surface area contributed by atoms with Gasteiger partial charge in [-0.3, -0.25) is 33.8 Å². The summed E-state index contributed by atoms with van der Waals surface area (Å²) >= 11 is 12.8. The number of hydrogen-bond donors (Lipinski definition) is 3. The highest BCUT2D eigenvalue weighted by Gasteiger charge is 2.37. The molecule has 0 aliphatic carbocycles. The van der Waals surface area contributed by atoms with Crippen LogP contribution in [-0.4, -0.2) is 138 Å². The topological polar surface area (TPSA) is 183 Å². The van der Waals surface area contributed by atoms with E-state index in [1.165, 1.54) is 16.9 Å². The zero-order valence-corrected chi connectivity index (χ0v) is 45.8. The molecule has 2 saturated heterocycles. The van der Waals surface area contributed by atoms with Crippen LogP contribution < -0.4 is 20.7 Å². The Morgan fingerprint density at radius 1 is 0.792 bits per heavy atom. The van der Waals surface area contributed by atoms with Gasteiger partial charge in [-0.15, -0.1) is 0 Å². The minimum absolute atomic E-state index is 0.00612. The normalized spacial score (nSPS) is 22.2. The highest BCUT2D eigenvalue weighted by atomic mass is 35.5. The summed E-state index contributed by atoms with van der Waals surface area (Å²) < 4.78 is 12.0. The monoisotopic (exact) mass is 1090 g/mol. The van der Waals surface area contributed by atoms with Gasteiger partial charge in [-0.05, 0) is 104 Å². The number of likely N-dealkylation sites (N-methyl/N-ethyl adjacent to an activating group) is 2. The predicted molar refractivity (Wildman–Crippen MR) is 295 cm³/mol. The molecule has 1 aromatic heterocycles. The summed E-state index contributed by atoms with van der Waals surface area (Å²) in [6.45, 7) is 5.89. The fourth-order valence-electron chi connectivity index (χ4n) is 10.2. The van der Waals surface area contributed by atoms with Crippen molar-refractivity contribution in [1.82, 2.24) is 40.5 Å². The zero-order valence-electron chi connectivity index (χ0n) is 44.3. The Bertz CT molecular complexity index is 2900. The Morgan fingerprint density at radius 2 is 1.52 bits per heavy atom. The molecule has 3 N–H and O–H groups in total. The van der Waals surface area contributed by atoms with E-state index >= 15 is 4.79 Å². The molecule has 0 unspecified atom stereocenters. The van der Waals surface area contributed by atoms with Gasteiger partial charge >= 0.3 is 0 Å². The van der Waals surface area contributed by atoms with Gasteiger partial charge in [0, 0.05) is 112 Å². The highest BCUT2D eigenvalue weighted by molar-refractivity contribution is 6.31. The van der Waals surface area contributed by atoms with E-state index in [4.69, 9.17) is 37.7 Å². The molecule has 0 spiro atoms. The predicted octanol–water partition coefficient (Wildman–Crippen LogP) is 6.88. The van der Waals surface area contributed by atoms with Crippen LogP contribution >= 0.6 is 23.2 Å². The lowest BCUT2D eigenvalue weighted by atomic mass is 9.93. The third kappa shape index (κ3) is 14.4. The first kappa shape index (κ1) is 56.4. The third-order valence-electron chi connectivity index (χ3n) is 15.1. The molecule has 4 aromatic carbocycles. The first-order valence-corrected chi connectivity index (χ1v) is 27.0. The summed E-state index contributed by atoms with van der Waals surface area (Å²) in [5.74, 6) is -2.18. The summed E-state index contributed by atoms with van der Waals surface area (Å²) in [6, 6.07) is 27.6. The van der Waals surface area contributed by atoms with E-state index in [9.17, 15) is 24.0 Å². The number of ether oxygens (including phenoxy) is 2. The summed E-state index contributed by atoms with van der Waals surface area (Å²) in [4.78, 5) is 97.1. The van der Waals surface area contributed by atoms with Crippen LogP contribution in [0.15, 0.2) is 109 Å². The van der Waals surface area contributed by atoms with Crippen LogP contribution in [0.5, 0.6) is 11.5 Å². The average Bonchev–Trinajstić information content (AvgIpc) is 3.99. The largest absolute Gasteiger partial charge is 0.457 e. The van der Waals surface area contributed by atoms with Crippen LogP contribution in [0, 0.1) is 11.8 Å². The van der Waals surface area contributed by atoms with Crippen molar-refractivity contribution in [1.29, 1.82) is 0 Å². The molecule has 77 heavy (non-hydrogen) atoms. The van der Waals surface area contributed by atoms with Gasteiger partial charge in [-0.25, -0.2) is 0 Å². The van der Waals surface area contributed by atoms with Crippen molar-refractivity contribution in [3.05, 3.63) is 147 Å². The molecule has 406 valence electrons. The molecule has 4 heterocycles. The van der Waals surface area contributed by atoms with Gasteiger partial charge in [0.2, 0.25) is 35.4 Å². The summed E-state index contributed by atoms with van der Waals surface area (Å²) in [5, 5.41) is 10.0. The van der Waals surface area contributed by atoms with E-state index < -0.39 is 47.8 Å². The smallest absolute Gasteiger partial charge is 0.247 e. The summed E-state index contributed by atoms with van der Waals surface area (Å²) in [6.07, 6.45) is 3.55. The number of pyridine rings is 1. The van der Waals surface area contributed by atoms with Gasteiger partial charge < -0.3 is 45.0 Å². The van der Waals surface area contributed by atoms with Gasteiger partial charge in [0.1, 0.15) is 23.6 Å². The molecule has 16 nitrogen and oxygen atoms in total. The van der Waals surface area contributed by atoms with Gasteiger partial charge in [0.05, 0.1) is 25.0 Å². The minimum atomic E-state index is -1.21. The quantitative estimate of drug-likeness (QED) is 0.119. The van der Waals surface area contributed by atoms with E-state index in [2.05, 4.69) is 22.0 Å². The molecule has 18 heteroatoms. The van der Waals surface area contributed by atoms with E-state index in [0.717, 1.165) is 46.5 Å². The van der Waals surface area contributed by atoms with Crippen molar-refractivity contribution in [3.63, 3.8) is 0 Å². The van der Waals surface area contributed by atoms with Gasteiger partial charge in [0.25, 0.3) is 0 Å². The standard InChI is InChI=1S/C59H68Cl2N8O8/c1-37-31-64-54(70)30-49(26-40-11-16-47(60)17-12-40)67(4)59(75)52(36-76-5)65-56(72)38(2)69(55(71)28-44(57(73)66(37)3)25-39-9-7-6-8-10-39)35-43-13-18-48(61)29-53(43)77-50-19-14-41(15-20-50)45-27-46-34-68(24-22-51(46)63-33-45)58(74)42-21-23-62-32-42/h6-20,27,29,33,37-38,42,44,49,52,62H,21-26,28,30-32,34-36H2,1-5H3,(H,64,70)(H,65,72)/t37-,38-,42-,44+,49-,52-/m0/s1. The first-order valence-electron chi connectivity index (χ1n) is 26.3. The van der Waals surface area contributed by atoms with Crippen molar-refractivity contribution in [2.24, 2.45) is 11.8 Å². The van der Waals surface area contributed by atoms with Crippen molar-refractivity contribution >= 4 is 58.6 Å². The summed E-state index contributed by atoms with van der Waals surface area (Å²) in [5.41, 5.74) is 6.00. The molecular weight excluding hydrogens is 1020 g/mol. The number of halogens is 2.